The molecule has 0 aliphatic heterocycles. The number of hydrogen-bond acceptors (Lipinski definition) is 4. The van der Waals surface area contributed by atoms with Gasteiger partial charge in [0.1, 0.15) is 0 Å². The Labute approximate surface area is 111 Å². The van der Waals surface area contributed by atoms with E-state index in [9.17, 15) is 4.79 Å². The summed E-state index contributed by atoms with van der Waals surface area (Å²) in [5.74, 6) is -0.359. The van der Waals surface area contributed by atoms with Crippen LogP contribution in [0, 0.1) is 6.92 Å². The van der Waals surface area contributed by atoms with Crippen LogP contribution >= 0.6 is 0 Å². The average Bonchev–Trinajstić information content (AvgIpc) is 2.78. The molecule has 1 aromatic heterocycles. The van der Waals surface area contributed by atoms with Crippen molar-refractivity contribution < 1.29 is 14.6 Å². The number of carbonyl (C=O) groups is 1. The van der Waals surface area contributed by atoms with Crippen molar-refractivity contribution in [1.82, 2.24) is 9.78 Å². The van der Waals surface area contributed by atoms with Crippen molar-refractivity contribution in [2.24, 2.45) is 0 Å². The molecule has 0 saturated carbocycles. The molecule has 0 aliphatic rings. The Hall–Kier alpha value is -2.14. The van der Waals surface area contributed by atoms with Gasteiger partial charge in [-0.1, -0.05) is 18.2 Å². The summed E-state index contributed by atoms with van der Waals surface area (Å²) in [7, 11) is 1.36. The molecule has 5 heteroatoms. The molecule has 2 rings (SSSR count). The highest BCUT2D eigenvalue weighted by molar-refractivity contribution is 5.90. The number of aromatic nitrogens is 2. The van der Waals surface area contributed by atoms with Crippen molar-refractivity contribution in [2.75, 3.05) is 7.11 Å². The Bertz CT molecular complexity index is 590. The summed E-state index contributed by atoms with van der Waals surface area (Å²) >= 11 is 0. The summed E-state index contributed by atoms with van der Waals surface area (Å²) in [5.41, 5.74) is 2.94. The normalized spacial score (nSPS) is 10.5. The molecule has 100 valence electrons. The minimum atomic E-state index is -0.359. The first-order chi connectivity index (χ1) is 9.15. The van der Waals surface area contributed by atoms with Crippen LogP contribution in [-0.2, 0) is 17.9 Å². The molecule has 0 fully saturated rings. The topological polar surface area (TPSA) is 64.3 Å². The second kappa shape index (κ2) is 5.67. The van der Waals surface area contributed by atoms with Crippen molar-refractivity contribution in [1.29, 1.82) is 0 Å². The van der Waals surface area contributed by atoms with E-state index in [1.54, 1.807) is 23.0 Å². The SMILES string of the molecule is COC(=O)c1ccccc1Cn1cc(CO)c(C)n1. The standard InChI is InChI=1S/C14H16N2O3/c1-10-12(9-17)8-16(15-10)7-11-5-3-4-6-13(11)14(18)19-2/h3-6,8,17H,7,9H2,1-2H3. The van der Waals surface area contributed by atoms with Crippen molar-refractivity contribution in [3.05, 3.63) is 52.8 Å². The van der Waals surface area contributed by atoms with E-state index in [4.69, 9.17) is 9.84 Å². The van der Waals surface area contributed by atoms with Crippen molar-refractivity contribution >= 4 is 5.97 Å². The van der Waals surface area contributed by atoms with E-state index in [0.29, 0.717) is 12.1 Å². The molecule has 0 radical (unpaired) electrons. The maximum Gasteiger partial charge on any atom is 0.338 e. The second-order valence-electron chi connectivity index (χ2n) is 4.24. The van der Waals surface area contributed by atoms with Gasteiger partial charge in [-0.15, -0.1) is 0 Å². The molecular formula is C14H16N2O3. The minimum absolute atomic E-state index is 0.0372. The maximum atomic E-state index is 11.7. The zero-order chi connectivity index (χ0) is 13.8. The van der Waals surface area contributed by atoms with Crippen LogP contribution in [0.2, 0.25) is 0 Å². The van der Waals surface area contributed by atoms with Crippen LogP contribution in [0.3, 0.4) is 0 Å². The first-order valence-corrected chi connectivity index (χ1v) is 5.95. The molecule has 0 spiro atoms. The molecular weight excluding hydrogens is 244 g/mol. The lowest BCUT2D eigenvalue weighted by Gasteiger charge is -2.07. The van der Waals surface area contributed by atoms with Gasteiger partial charge >= 0.3 is 5.97 Å². The highest BCUT2D eigenvalue weighted by Gasteiger charge is 2.12. The summed E-state index contributed by atoms with van der Waals surface area (Å²) in [4.78, 5) is 11.7. The summed E-state index contributed by atoms with van der Waals surface area (Å²) in [6.45, 7) is 2.27. The Morgan fingerprint density at radius 2 is 2.11 bits per heavy atom. The van der Waals surface area contributed by atoms with Crippen LogP contribution < -0.4 is 0 Å². The van der Waals surface area contributed by atoms with Gasteiger partial charge in [0, 0.05) is 11.8 Å². The van der Waals surface area contributed by atoms with Crippen LogP contribution in [0.4, 0.5) is 0 Å². The largest absolute Gasteiger partial charge is 0.465 e. The molecule has 1 aromatic carbocycles. The Kier molecular flexibility index (Phi) is 3.97. The molecule has 0 atom stereocenters. The molecule has 0 unspecified atom stereocenters. The van der Waals surface area contributed by atoms with Crippen LogP contribution in [0.15, 0.2) is 30.5 Å². The van der Waals surface area contributed by atoms with Crippen LogP contribution in [-0.4, -0.2) is 28.0 Å². The Morgan fingerprint density at radius 3 is 2.74 bits per heavy atom. The van der Waals surface area contributed by atoms with Gasteiger partial charge in [0.05, 0.1) is 31.5 Å². The van der Waals surface area contributed by atoms with E-state index < -0.39 is 0 Å². The number of nitrogens with zero attached hydrogens (tertiary/aromatic N) is 2. The van der Waals surface area contributed by atoms with E-state index in [1.807, 2.05) is 19.1 Å². The molecule has 0 aliphatic carbocycles. The number of carbonyl (C=O) groups excluding carboxylic acids is 1. The van der Waals surface area contributed by atoms with Crippen LogP contribution in [0.1, 0.15) is 27.2 Å². The number of rotatable bonds is 4. The molecule has 1 N–H and O–H groups in total. The molecule has 1 heterocycles. The third kappa shape index (κ3) is 2.82. The highest BCUT2D eigenvalue weighted by atomic mass is 16.5. The monoisotopic (exact) mass is 260 g/mol. The van der Waals surface area contributed by atoms with Crippen molar-refractivity contribution in [2.45, 2.75) is 20.1 Å². The maximum absolute atomic E-state index is 11.7. The predicted octanol–water partition coefficient (Wildman–Crippen LogP) is 1.52. The van der Waals surface area contributed by atoms with Crippen molar-refractivity contribution in [3.63, 3.8) is 0 Å². The zero-order valence-electron chi connectivity index (χ0n) is 11.0. The van der Waals surface area contributed by atoms with Crippen LogP contribution in [0.25, 0.3) is 0 Å². The summed E-state index contributed by atoms with van der Waals surface area (Å²) < 4.78 is 6.47. The number of benzene rings is 1. The van der Waals surface area contributed by atoms with Gasteiger partial charge in [-0.25, -0.2) is 4.79 Å². The summed E-state index contributed by atoms with van der Waals surface area (Å²) in [6, 6.07) is 7.25. The molecule has 0 saturated heterocycles. The van der Waals surface area contributed by atoms with Crippen molar-refractivity contribution in [3.8, 4) is 0 Å². The quantitative estimate of drug-likeness (QED) is 0.846. The number of ether oxygens (including phenoxy) is 1. The lowest BCUT2D eigenvalue weighted by atomic mass is 10.1. The van der Waals surface area contributed by atoms with Crippen LogP contribution in [0.5, 0.6) is 0 Å². The first-order valence-electron chi connectivity index (χ1n) is 5.95. The smallest absolute Gasteiger partial charge is 0.338 e. The highest BCUT2D eigenvalue weighted by Crippen LogP contribution is 2.13. The number of esters is 1. The fourth-order valence-electron chi connectivity index (χ4n) is 1.94. The third-order valence-corrected chi connectivity index (χ3v) is 2.97. The lowest BCUT2D eigenvalue weighted by Crippen LogP contribution is -2.09. The lowest BCUT2D eigenvalue weighted by molar-refractivity contribution is 0.0599. The molecule has 0 amide bonds. The number of aliphatic hydroxyl groups excluding tert-OH is 1. The molecule has 5 nitrogen and oxygen atoms in total. The zero-order valence-corrected chi connectivity index (χ0v) is 11.0. The van der Waals surface area contributed by atoms with E-state index >= 15 is 0 Å². The third-order valence-electron chi connectivity index (χ3n) is 2.97. The van der Waals surface area contributed by atoms with Gasteiger partial charge in [-0.2, -0.15) is 5.10 Å². The fraction of sp³-hybridized carbons (Fsp3) is 0.286. The fourth-order valence-corrected chi connectivity index (χ4v) is 1.94. The van der Waals surface area contributed by atoms with Gasteiger partial charge in [0.25, 0.3) is 0 Å². The van der Waals surface area contributed by atoms with Gasteiger partial charge in [-0.05, 0) is 18.6 Å². The molecule has 0 bridgehead atoms. The number of hydrogen-bond donors (Lipinski definition) is 1. The van der Waals surface area contributed by atoms with Gasteiger partial charge in [0.2, 0.25) is 0 Å². The Morgan fingerprint density at radius 1 is 1.37 bits per heavy atom. The first kappa shape index (κ1) is 13.3. The Balaban J connectivity index is 2.30. The summed E-state index contributed by atoms with van der Waals surface area (Å²) in [6.07, 6.45) is 1.78. The number of methoxy groups -OCH3 is 1. The van der Waals surface area contributed by atoms with E-state index in [1.165, 1.54) is 7.11 Å². The van der Waals surface area contributed by atoms with E-state index in [0.717, 1.165) is 16.8 Å². The summed E-state index contributed by atoms with van der Waals surface area (Å²) in [5, 5.41) is 13.5. The average molecular weight is 260 g/mol. The minimum Gasteiger partial charge on any atom is -0.465 e. The second-order valence-corrected chi connectivity index (χ2v) is 4.24. The number of aryl methyl sites for hydroxylation is 1. The number of aliphatic hydroxyl groups is 1. The molecule has 2 aromatic rings. The molecule has 19 heavy (non-hydrogen) atoms. The van der Waals surface area contributed by atoms with E-state index in [-0.39, 0.29) is 12.6 Å². The predicted molar refractivity (Wildman–Crippen MR) is 69.8 cm³/mol. The van der Waals surface area contributed by atoms with E-state index in [2.05, 4.69) is 5.10 Å². The van der Waals surface area contributed by atoms with Gasteiger partial charge in [-0.3, -0.25) is 4.68 Å². The van der Waals surface area contributed by atoms with Gasteiger partial charge in [0.15, 0.2) is 0 Å². The van der Waals surface area contributed by atoms with Gasteiger partial charge < -0.3 is 9.84 Å².